The van der Waals surface area contributed by atoms with Crippen LogP contribution in [0.3, 0.4) is 0 Å². The minimum atomic E-state index is -0.624. The van der Waals surface area contributed by atoms with Crippen LogP contribution >= 0.6 is 11.6 Å². The maximum atomic E-state index is 14.6. The summed E-state index contributed by atoms with van der Waals surface area (Å²) in [4.78, 5) is 22.8. The molecular weight excluding hydrogens is 405 g/mol. The molecule has 1 N–H and O–H groups in total. The Morgan fingerprint density at radius 3 is 2.80 bits per heavy atom. The van der Waals surface area contributed by atoms with Gasteiger partial charge < -0.3 is 9.47 Å². The highest BCUT2D eigenvalue weighted by molar-refractivity contribution is 6.30. The van der Waals surface area contributed by atoms with Gasteiger partial charge in [-0.25, -0.2) is 14.2 Å². The maximum absolute atomic E-state index is 14.6. The number of carbonyl (C=O) groups excluding carboxylic acids is 1. The van der Waals surface area contributed by atoms with Crippen LogP contribution in [0.5, 0.6) is 0 Å². The SMILES string of the molecule is C=C(Cl)/C=C\C(=C)CN=C1NC(=O)N(CCCn2ccnc2)C1c1ccccc1F. The second-order valence-electron chi connectivity index (χ2n) is 6.84. The summed E-state index contributed by atoms with van der Waals surface area (Å²) in [6.07, 6.45) is 9.30. The third-order valence-electron chi connectivity index (χ3n) is 4.59. The van der Waals surface area contributed by atoms with E-state index >= 15 is 0 Å². The van der Waals surface area contributed by atoms with E-state index in [4.69, 9.17) is 11.6 Å². The first-order chi connectivity index (χ1) is 14.5. The van der Waals surface area contributed by atoms with Gasteiger partial charge in [-0.15, -0.1) is 0 Å². The van der Waals surface area contributed by atoms with E-state index in [9.17, 15) is 9.18 Å². The van der Waals surface area contributed by atoms with Crippen LogP contribution in [-0.4, -0.2) is 39.4 Å². The van der Waals surface area contributed by atoms with Gasteiger partial charge in [0.15, 0.2) is 0 Å². The number of nitrogens with zero attached hydrogens (tertiary/aromatic N) is 4. The van der Waals surface area contributed by atoms with Crippen LogP contribution in [0.15, 0.2) is 83.9 Å². The lowest BCUT2D eigenvalue weighted by atomic mass is 10.0. The third-order valence-corrected chi connectivity index (χ3v) is 4.72. The molecule has 3 rings (SSSR count). The van der Waals surface area contributed by atoms with Gasteiger partial charge in [0.2, 0.25) is 0 Å². The van der Waals surface area contributed by atoms with Gasteiger partial charge in [-0.1, -0.05) is 49.0 Å². The van der Waals surface area contributed by atoms with Crippen molar-refractivity contribution < 1.29 is 9.18 Å². The summed E-state index contributed by atoms with van der Waals surface area (Å²) in [6, 6.07) is 5.49. The minimum Gasteiger partial charge on any atom is -0.337 e. The molecule has 1 aliphatic heterocycles. The highest BCUT2D eigenvalue weighted by Gasteiger charge is 2.38. The Kier molecular flexibility index (Phi) is 7.19. The molecular formula is C22H23ClFN5O. The van der Waals surface area contributed by atoms with Crippen LogP contribution in [0.4, 0.5) is 9.18 Å². The van der Waals surface area contributed by atoms with Crippen molar-refractivity contribution in [2.45, 2.75) is 19.0 Å². The fourth-order valence-electron chi connectivity index (χ4n) is 3.17. The van der Waals surface area contributed by atoms with E-state index in [2.05, 4.69) is 28.5 Å². The third kappa shape index (κ3) is 5.45. The predicted octanol–water partition coefficient (Wildman–Crippen LogP) is 4.44. The Morgan fingerprint density at radius 2 is 2.10 bits per heavy atom. The summed E-state index contributed by atoms with van der Waals surface area (Å²) in [5.41, 5.74) is 1.08. The van der Waals surface area contributed by atoms with Gasteiger partial charge in [0.1, 0.15) is 17.7 Å². The van der Waals surface area contributed by atoms with E-state index in [1.54, 1.807) is 47.8 Å². The van der Waals surface area contributed by atoms with Gasteiger partial charge in [-0.05, 0) is 24.1 Å². The largest absolute Gasteiger partial charge is 0.337 e. The Balaban J connectivity index is 1.80. The van der Waals surface area contributed by atoms with Gasteiger partial charge in [0.25, 0.3) is 0 Å². The van der Waals surface area contributed by atoms with Crippen LogP contribution in [0.25, 0.3) is 0 Å². The predicted molar refractivity (Wildman–Crippen MR) is 117 cm³/mol. The maximum Gasteiger partial charge on any atom is 0.323 e. The molecule has 0 radical (unpaired) electrons. The molecule has 0 spiro atoms. The lowest BCUT2D eigenvalue weighted by Crippen LogP contribution is -2.31. The number of benzene rings is 1. The minimum absolute atomic E-state index is 0.240. The first kappa shape index (κ1) is 21.5. The summed E-state index contributed by atoms with van der Waals surface area (Å²) in [7, 11) is 0. The first-order valence-electron chi connectivity index (χ1n) is 9.48. The fourth-order valence-corrected chi connectivity index (χ4v) is 3.24. The smallest absolute Gasteiger partial charge is 0.323 e. The molecule has 30 heavy (non-hydrogen) atoms. The van der Waals surface area contributed by atoms with Crippen molar-refractivity contribution in [1.29, 1.82) is 0 Å². The molecule has 0 aliphatic carbocycles. The van der Waals surface area contributed by atoms with Crippen molar-refractivity contribution in [3.8, 4) is 0 Å². The van der Waals surface area contributed by atoms with Crippen LogP contribution in [0.2, 0.25) is 0 Å². The van der Waals surface area contributed by atoms with Gasteiger partial charge in [0, 0.05) is 36.1 Å². The van der Waals surface area contributed by atoms with Crippen LogP contribution in [-0.2, 0) is 6.54 Å². The lowest BCUT2D eigenvalue weighted by molar-refractivity contribution is 0.203. The summed E-state index contributed by atoms with van der Waals surface area (Å²) >= 11 is 5.72. The number of carbonyl (C=O) groups is 1. The van der Waals surface area contributed by atoms with Crippen molar-refractivity contribution in [2.75, 3.05) is 13.1 Å². The van der Waals surface area contributed by atoms with Crippen LogP contribution in [0, 0.1) is 5.82 Å². The van der Waals surface area contributed by atoms with Crippen LogP contribution in [0.1, 0.15) is 18.0 Å². The van der Waals surface area contributed by atoms with Crippen molar-refractivity contribution in [3.05, 3.63) is 90.3 Å². The second kappa shape index (κ2) is 10.0. The van der Waals surface area contributed by atoms with Crippen molar-refractivity contribution >= 4 is 23.5 Å². The number of nitrogens with one attached hydrogen (secondary N) is 1. The Hall–Kier alpha value is -3.19. The molecule has 1 aromatic carbocycles. The zero-order valence-electron chi connectivity index (χ0n) is 16.5. The van der Waals surface area contributed by atoms with Crippen LogP contribution < -0.4 is 5.32 Å². The van der Waals surface area contributed by atoms with Crippen molar-refractivity contribution in [2.24, 2.45) is 4.99 Å². The molecule has 1 atom stereocenters. The number of allylic oxidation sites excluding steroid dienone is 2. The Bertz CT molecular complexity index is 983. The molecule has 0 bridgehead atoms. The van der Waals surface area contributed by atoms with E-state index in [1.165, 1.54) is 6.07 Å². The zero-order chi connectivity index (χ0) is 21.5. The van der Waals surface area contributed by atoms with Crippen molar-refractivity contribution in [3.63, 3.8) is 0 Å². The molecule has 6 nitrogen and oxygen atoms in total. The topological polar surface area (TPSA) is 62.5 Å². The molecule has 1 aliphatic rings. The summed E-state index contributed by atoms with van der Waals surface area (Å²) < 4.78 is 16.5. The second-order valence-corrected chi connectivity index (χ2v) is 7.33. The summed E-state index contributed by atoms with van der Waals surface area (Å²) in [5, 5.41) is 3.17. The summed E-state index contributed by atoms with van der Waals surface area (Å²) in [6.45, 7) is 8.88. The fraction of sp³-hybridized carbons (Fsp3) is 0.227. The molecule has 1 fully saturated rings. The van der Waals surface area contributed by atoms with Gasteiger partial charge in [-0.3, -0.25) is 10.3 Å². The number of aromatic nitrogens is 2. The molecule has 0 saturated carbocycles. The number of aliphatic imine (C=N–C) groups is 1. The number of halogens is 2. The highest BCUT2D eigenvalue weighted by atomic mass is 35.5. The van der Waals surface area contributed by atoms with E-state index in [1.807, 2.05) is 10.8 Å². The standard InChI is InChI=1S/C22H23ClFN5O/c1-16(8-9-17(2)23)14-26-21-20(18-6-3-4-7-19(18)24)29(22(30)27-21)12-5-11-28-13-10-25-15-28/h3-4,6-10,13,15,20H,1-2,5,11-12,14H2,(H,26,27,30)/b9-8-. The van der Waals surface area contributed by atoms with Gasteiger partial charge in [0.05, 0.1) is 12.9 Å². The number of hydrogen-bond donors (Lipinski definition) is 1. The average molecular weight is 428 g/mol. The van der Waals surface area contributed by atoms with Gasteiger partial charge >= 0.3 is 6.03 Å². The molecule has 1 saturated heterocycles. The zero-order valence-corrected chi connectivity index (χ0v) is 17.2. The lowest BCUT2D eigenvalue weighted by Gasteiger charge is -2.23. The highest BCUT2D eigenvalue weighted by Crippen LogP contribution is 2.29. The monoisotopic (exact) mass is 427 g/mol. The Morgan fingerprint density at radius 1 is 1.30 bits per heavy atom. The number of imidazole rings is 1. The van der Waals surface area contributed by atoms with E-state index in [0.717, 1.165) is 0 Å². The number of rotatable bonds is 9. The van der Waals surface area contributed by atoms with E-state index < -0.39 is 6.04 Å². The normalized spacial score (nSPS) is 17.7. The molecule has 2 aromatic rings. The molecule has 156 valence electrons. The van der Waals surface area contributed by atoms with Gasteiger partial charge in [-0.2, -0.15) is 0 Å². The molecule has 2 amide bonds. The number of urea groups is 1. The molecule has 2 heterocycles. The number of amidine groups is 1. The molecule has 8 heteroatoms. The quantitative estimate of drug-likeness (QED) is 0.601. The number of aryl methyl sites for hydroxylation is 1. The summed E-state index contributed by atoms with van der Waals surface area (Å²) in [5.74, 6) is 0.00968. The number of hydrogen-bond acceptors (Lipinski definition) is 3. The first-order valence-corrected chi connectivity index (χ1v) is 9.86. The van der Waals surface area contributed by atoms with E-state index in [-0.39, 0.29) is 18.4 Å². The van der Waals surface area contributed by atoms with Crippen molar-refractivity contribution in [1.82, 2.24) is 19.8 Å². The Labute approximate surface area is 180 Å². The average Bonchev–Trinajstić information content (AvgIpc) is 3.33. The molecule has 1 unspecified atom stereocenters. The van der Waals surface area contributed by atoms with E-state index in [0.29, 0.717) is 41.5 Å². The number of amides is 2. The molecule has 1 aromatic heterocycles.